The first kappa shape index (κ1) is 36.0. The molecule has 1 aromatic carbocycles. The Balaban J connectivity index is 1.88. The van der Waals surface area contributed by atoms with Crippen LogP contribution in [0, 0.1) is 5.92 Å². The van der Waals surface area contributed by atoms with Gasteiger partial charge in [0.05, 0.1) is 0 Å². The van der Waals surface area contributed by atoms with Crippen LogP contribution in [0.3, 0.4) is 0 Å². The molecule has 2 rings (SSSR count). The van der Waals surface area contributed by atoms with Gasteiger partial charge in [0, 0.05) is 55.4 Å². The highest BCUT2D eigenvalue weighted by molar-refractivity contribution is 8.77. The van der Waals surface area contributed by atoms with Gasteiger partial charge < -0.3 is 20.9 Å². The Hall–Kier alpha value is -2.24. The molecular formula is C30H45ClN4O5S2. The third-order valence-corrected chi connectivity index (χ3v) is 10.3. The Morgan fingerprint density at radius 1 is 1.00 bits per heavy atom. The van der Waals surface area contributed by atoms with Crippen LogP contribution >= 0.6 is 33.2 Å². The number of nitrogens with zero attached hydrogens (tertiary/aromatic N) is 1. The summed E-state index contributed by atoms with van der Waals surface area (Å²) >= 11 is 5.99. The summed E-state index contributed by atoms with van der Waals surface area (Å²) in [6.45, 7) is 5.98. The molecule has 1 saturated heterocycles. The lowest BCUT2D eigenvalue weighted by atomic mass is 9.97. The van der Waals surface area contributed by atoms with Gasteiger partial charge >= 0.3 is 0 Å². The van der Waals surface area contributed by atoms with E-state index in [1.54, 1.807) is 45.0 Å². The zero-order valence-electron chi connectivity index (χ0n) is 25.1. The van der Waals surface area contributed by atoms with E-state index in [2.05, 4.69) is 16.0 Å². The molecule has 1 aliphatic heterocycles. The predicted molar refractivity (Wildman–Crippen MR) is 171 cm³/mol. The maximum atomic E-state index is 13.6. The van der Waals surface area contributed by atoms with Crippen molar-refractivity contribution in [3.8, 4) is 0 Å². The fourth-order valence-electron chi connectivity index (χ4n) is 4.57. The number of Topliss-reactive ketones (excluding diaryl/α,β-unsaturated/α-hetero) is 1. The molecular weight excluding hydrogens is 596 g/mol. The number of halogens is 1. The van der Waals surface area contributed by atoms with E-state index in [1.807, 2.05) is 21.6 Å². The molecule has 9 nitrogen and oxygen atoms in total. The Morgan fingerprint density at radius 3 is 2.31 bits per heavy atom. The molecule has 3 atom stereocenters. The molecule has 3 N–H and O–H groups in total. The number of likely N-dealkylation sites (N-methyl/N-ethyl adjacent to an activating group) is 2. The third kappa shape index (κ3) is 12.6. The van der Waals surface area contributed by atoms with Crippen molar-refractivity contribution < 1.29 is 24.0 Å². The van der Waals surface area contributed by atoms with E-state index in [-0.39, 0.29) is 37.1 Å². The smallest absolute Gasteiger partial charge is 0.289 e. The number of amides is 4. The first-order valence-electron chi connectivity index (χ1n) is 14.7. The van der Waals surface area contributed by atoms with Crippen LogP contribution in [-0.2, 0) is 30.4 Å². The topological polar surface area (TPSA) is 125 Å². The molecule has 1 aromatic rings. The lowest BCUT2D eigenvalue weighted by molar-refractivity contribution is -0.146. The monoisotopic (exact) mass is 640 g/mol. The van der Waals surface area contributed by atoms with Crippen molar-refractivity contribution in [1.29, 1.82) is 0 Å². The third-order valence-electron chi connectivity index (χ3n) is 7.08. The summed E-state index contributed by atoms with van der Waals surface area (Å²) in [5.41, 5.74) is 0.737. The standard InChI is InChI=1S/C30H45ClN4O5S2/c1-5-32-29(39)28(38)24(19-21-12-14-22(31)15-13-21)35(4)30(40)27(20(2)3)34-26(37)11-8-17-33-25(36)10-7-6-9-23-16-18-41-42-23/h12-15,20,23-24,27H,5-11,16-19H2,1-4H3,(H,32,39)(H,33,36)(H,34,37)/t23?,24-,27-/m0/s1. The highest BCUT2D eigenvalue weighted by atomic mass is 35.5. The number of hydrogen-bond donors (Lipinski definition) is 3. The second-order valence-electron chi connectivity index (χ2n) is 10.8. The maximum Gasteiger partial charge on any atom is 0.289 e. The molecule has 0 spiro atoms. The Kier molecular flexibility index (Phi) is 16.4. The highest BCUT2D eigenvalue weighted by Gasteiger charge is 2.36. The van der Waals surface area contributed by atoms with Gasteiger partial charge in [-0.1, -0.05) is 65.6 Å². The fraction of sp³-hybridized carbons (Fsp3) is 0.633. The number of ketones is 1. The number of carbonyl (C=O) groups is 5. The molecule has 12 heteroatoms. The van der Waals surface area contributed by atoms with E-state index in [4.69, 9.17) is 11.6 Å². The van der Waals surface area contributed by atoms with Crippen molar-refractivity contribution in [2.75, 3.05) is 25.9 Å². The van der Waals surface area contributed by atoms with Crippen LogP contribution in [0.25, 0.3) is 0 Å². The second kappa shape index (κ2) is 19.1. The Bertz CT molecular complexity index is 1050. The predicted octanol–water partition coefficient (Wildman–Crippen LogP) is 4.17. The number of hydrogen-bond acceptors (Lipinski definition) is 7. The summed E-state index contributed by atoms with van der Waals surface area (Å²) in [7, 11) is 5.36. The van der Waals surface area contributed by atoms with Crippen molar-refractivity contribution in [3.63, 3.8) is 0 Å². The van der Waals surface area contributed by atoms with Crippen LogP contribution in [0.5, 0.6) is 0 Å². The molecule has 4 amide bonds. The summed E-state index contributed by atoms with van der Waals surface area (Å²) in [6, 6.07) is 4.91. The SMILES string of the molecule is CCNC(=O)C(=O)[C@H](Cc1ccc(Cl)cc1)N(C)C(=O)[C@@H](NC(=O)CCCNC(=O)CCCCC1CCSS1)C(C)C. The summed E-state index contributed by atoms with van der Waals surface area (Å²) in [6.07, 6.45) is 5.50. The van der Waals surface area contributed by atoms with Crippen molar-refractivity contribution in [2.45, 2.75) is 89.5 Å². The first-order chi connectivity index (χ1) is 20.0. The molecule has 0 aromatic heterocycles. The Labute approximate surface area is 262 Å². The quantitative estimate of drug-likeness (QED) is 0.125. The number of carbonyl (C=O) groups excluding carboxylic acids is 5. The van der Waals surface area contributed by atoms with Gasteiger partial charge in [-0.15, -0.1) is 0 Å². The zero-order chi connectivity index (χ0) is 31.1. The van der Waals surface area contributed by atoms with E-state index in [0.717, 1.165) is 24.8 Å². The van der Waals surface area contributed by atoms with Crippen molar-refractivity contribution in [2.24, 2.45) is 5.92 Å². The summed E-state index contributed by atoms with van der Waals surface area (Å²) in [5, 5.41) is 9.43. The van der Waals surface area contributed by atoms with E-state index >= 15 is 0 Å². The number of unbranched alkanes of at least 4 members (excludes halogenated alkanes) is 1. The van der Waals surface area contributed by atoms with Gasteiger partial charge in [-0.2, -0.15) is 0 Å². The molecule has 0 aliphatic carbocycles. The Morgan fingerprint density at radius 2 is 1.69 bits per heavy atom. The van der Waals surface area contributed by atoms with Gasteiger partial charge in [0.1, 0.15) is 12.1 Å². The van der Waals surface area contributed by atoms with Gasteiger partial charge in [0.15, 0.2) is 0 Å². The molecule has 42 heavy (non-hydrogen) atoms. The minimum absolute atomic E-state index is 0.00998. The van der Waals surface area contributed by atoms with Crippen molar-refractivity contribution >= 4 is 62.6 Å². The summed E-state index contributed by atoms with van der Waals surface area (Å²) in [5.74, 6) is -1.34. The van der Waals surface area contributed by atoms with Crippen LogP contribution in [0.2, 0.25) is 5.02 Å². The van der Waals surface area contributed by atoms with Gasteiger partial charge in [0.25, 0.3) is 5.91 Å². The average molecular weight is 641 g/mol. The van der Waals surface area contributed by atoms with Crippen LogP contribution in [0.4, 0.5) is 0 Å². The van der Waals surface area contributed by atoms with Crippen LogP contribution < -0.4 is 16.0 Å². The van der Waals surface area contributed by atoms with Gasteiger partial charge in [0.2, 0.25) is 23.5 Å². The summed E-state index contributed by atoms with van der Waals surface area (Å²) < 4.78 is 0. The highest BCUT2D eigenvalue weighted by Crippen LogP contribution is 2.39. The van der Waals surface area contributed by atoms with Crippen LogP contribution in [0.15, 0.2) is 24.3 Å². The minimum atomic E-state index is -1.06. The number of benzene rings is 1. The normalized spacial score (nSPS) is 16.0. The van der Waals surface area contributed by atoms with Gasteiger partial charge in [-0.05, 0) is 56.2 Å². The van der Waals surface area contributed by atoms with Gasteiger partial charge in [-0.3, -0.25) is 24.0 Å². The molecule has 0 bridgehead atoms. The molecule has 1 fully saturated rings. The number of nitrogens with one attached hydrogen (secondary N) is 3. The molecule has 0 saturated carbocycles. The van der Waals surface area contributed by atoms with Gasteiger partial charge in [-0.25, -0.2) is 0 Å². The van der Waals surface area contributed by atoms with E-state index in [0.29, 0.717) is 29.7 Å². The zero-order valence-corrected chi connectivity index (χ0v) is 27.5. The minimum Gasteiger partial charge on any atom is -0.356 e. The molecule has 1 unspecified atom stereocenters. The lowest BCUT2D eigenvalue weighted by Gasteiger charge is -2.32. The van der Waals surface area contributed by atoms with Crippen molar-refractivity contribution in [3.05, 3.63) is 34.9 Å². The van der Waals surface area contributed by atoms with Crippen LogP contribution in [-0.4, -0.2) is 77.5 Å². The first-order valence-corrected chi connectivity index (χ1v) is 17.5. The van der Waals surface area contributed by atoms with E-state index in [1.165, 1.54) is 24.1 Å². The molecule has 0 radical (unpaired) electrons. The fourth-order valence-corrected chi connectivity index (χ4v) is 7.72. The molecule has 1 aliphatic rings. The molecule has 1 heterocycles. The van der Waals surface area contributed by atoms with Crippen LogP contribution in [0.1, 0.15) is 71.3 Å². The van der Waals surface area contributed by atoms with Crippen molar-refractivity contribution in [1.82, 2.24) is 20.9 Å². The maximum absolute atomic E-state index is 13.6. The lowest BCUT2D eigenvalue weighted by Crippen LogP contribution is -2.56. The number of rotatable bonds is 18. The second-order valence-corrected chi connectivity index (χ2v) is 14.1. The summed E-state index contributed by atoms with van der Waals surface area (Å²) in [4.78, 5) is 65.2. The molecule has 234 valence electrons. The average Bonchev–Trinajstić information content (AvgIpc) is 3.48. The largest absolute Gasteiger partial charge is 0.356 e. The van der Waals surface area contributed by atoms with E-state index in [9.17, 15) is 24.0 Å². The van der Waals surface area contributed by atoms with E-state index < -0.39 is 29.7 Å².